The molecule has 1 atom stereocenters. The maximum absolute atomic E-state index is 13.5. The van der Waals surface area contributed by atoms with E-state index in [1.807, 2.05) is 6.07 Å². The molecule has 0 unspecified atom stereocenters. The second-order valence-electron chi connectivity index (χ2n) is 7.63. The van der Waals surface area contributed by atoms with Gasteiger partial charge in [-0.15, -0.1) is 0 Å². The lowest BCUT2D eigenvalue weighted by Gasteiger charge is -2.41. The van der Waals surface area contributed by atoms with Crippen LogP contribution in [0.3, 0.4) is 0 Å². The van der Waals surface area contributed by atoms with Crippen LogP contribution < -0.4 is 9.80 Å². The van der Waals surface area contributed by atoms with Crippen molar-refractivity contribution in [1.82, 2.24) is 15.0 Å². The van der Waals surface area contributed by atoms with Crippen LogP contribution in [0.5, 0.6) is 0 Å². The number of hydrogen-bond donors (Lipinski definition) is 0. The lowest BCUT2D eigenvalue weighted by atomic mass is 10.1. The largest absolute Gasteiger partial charge is 0.462 e. The highest BCUT2D eigenvalue weighted by atomic mass is 35.5. The maximum Gasteiger partial charge on any atom is 0.339 e. The highest BCUT2D eigenvalue weighted by Gasteiger charge is 2.27. The van der Waals surface area contributed by atoms with E-state index in [9.17, 15) is 9.18 Å². The van der Waals surface area contributed by atoms with Crippen LogP contribution in [0.1, 0.15) is 24.2 Å². The molecule has 1 aliphatic heterocycles. The van der Waals surface area contributed by atoms with Gasteiger partial charge in [-0.1, -0.05) is 23.2 Å². The molecule has 1 aliphatic rings. The van der Waals surface area contributed by atoms with Gasteiger partial charge in [0.1, 0.15) is 23.8 Å². The summed E-state index contributed by atoms with van der Waals surface area (Å²) < 4.78 is 18.5. The second-order valence-corrected chi connectivity index (χ2v) is 8.44. The molecule has 7 nitrogen and oxygen atoms in total. The number of nitrogens with zero attached hydrogens (tertiary/aromatic N) is 5. The molecule has 0 bridgehead atoms. The number of aromatic nitrogens is 3. The van der Waals surface area contributed by atoms with Gasteiger partial charge >= 0.3 is 5.97 Å². The minimum atomic E-state index is -0.470. The quantitative estimate of drug-likeness (QED) is 0.473. The third-order valence-corrected chi connectivity index (χ3v) is 5.99. The number of halogens is 3. The molecule has 1 fully saturated rings. The molecule has 0 aliphatic carbocycles. The summed E-state index contributed by atoms with van der Waals surface area (Å²) in [6.07, 6.45) is 2.98. The summed E-state index contributed by atoms with van der Waals surface area (Å²) in [5.41, 5.74) is 1.71. The van der Waals surface area contributed by atoms with Crippen LogP contribution in [0.15, 0.2) is 42.9 Å². The molecule has 0 radical (unpaired) electrons. The predicted octanol–water partition coefficient (Wildman–Crippen LogP) is 4.88. The molecule has 1 aromatic carbocycles. The van der Waals surface area contributed by atoms with E-state index in [1.54, 1.807) is 25.1 Å². The van der Waals surface area contributed by atoms with Gasteiger partial charge in [0.25, 0.3) is 0 Å². The number of rotatable bonds is 5. The summed E-state index contributed by atoms with van der Waals surface area (Å²) in [5, 5.41) is 0.451. The van der Waals surface area contributed by atoms with E-state index in [2.05, 4.69) is 31.7 Å². The van der Waals surface area contributed by atoms with Gasteiger partial charge in [-0.25, -0.2) is 24.1 Å². The number of carbonyl (C=O) groups excluding carboxylic acids is 1. The second kappa shape index (κ2) is 9.89. The summed E-state index contributed by atoms with van der Waals surface area (Å²) >= 11 is 12.4. The molecule has 33 heavy (non-hydrogen) atoms. The van der Waals surface area contributed by atoms with E-state index in [0.29, 0.717) is 47.3 Å². The average Bonchev–Trinajstić information content (AvgIpc) is 2.81. The Morgan fingerprint density at radius 3 is 2.67 bits per heavy atom. The monoisotopic (exact) mass is 489 g/mol. The third kappa shape index (κ3) is 5.02. The van der Waals surface area contributed by atoms with E-state index in [-0.39, 0.29) is 17.7 Å². The standard InChI is InChI=1S/C23H22Cl2FN5O2/c1-3-33-23(32)16-9-18(25)22(27-11-16)30-6-7-31(14(2)12-30)21-10-20(28-13-29-21)15-4-5-19(26)17(24)8-15/h4-5,8-11,13-14H,3,6-7,12H2,1-2H3/t14-/m1/s1. The van der Waals surface area contributed by atoms with E-state index in [1.165, 1.54) is 18.6 Å². The molecule has 0 N–H and O–H groups in total. The summed E-state index contributed by atoms with van der Waals surface area (Å²) in [6.45, 7) is 6.13. The van der Waals surface area contributed by atoms with Crippen molar-refractivity contribution >= 4 is 40.8 Å². The zero-order valence-corrected chi connectivity index (χ0v) is 19.6. The highest BCUT2D eigenvalue weighted by molar-refractivity contribution is 6.33. The molecular weight excluding hydrogens is 468 g/mol. The van der Waals surface area contributed by atoms with Crippen molar-refractivity contribution in [2.24, 2.45) is 0 Å². The van der Waals surface area contributed by atoms with Crippen LogP contribution in [0, 0.1) is 5.82 Å². The van der Waals surface area contributed by atoms with Crippen LogP contribution >= 0.6 is 23.2 Å². The van der Waals surface area contributed by atoms with Crippen LogP contribution in [0.2, 0.25) is 10.0 Å². The summed E-state index contributed by atoms with van der Waals surface area (Å²) in [6, 6.07) is 8.07. The molecule has 0 amide bonds. The number of esters is 1. The van der Waals surface area contributed by atoms with Crippen molar-refractivity contribution in [3.8, 4) is 11.3 Å². The van der Waals surface area contributed by atoms with Gasteiger partial charge in [-0.05, 0) is 38.1 Å². The molecule has 0 saturated carbocycles. The van der Waals surface area contributed by atoms with Crippen LogP contribution in [-0.4, -0.2) is 53.2 Å². The van der Waals surface area contributed by atoms with Gasteiger partial charge < -0.3 is 14.5 Å². The number of piperazine rings is 1. The van der Waals surface area contributed by atoms with Gasteiger partial charge in [0.15, 0.2) is 0 Å². The maximum atomic E-state index is 13.5. The Hall–Kier alpha value is -2.97. The molecule has 0 spiro atoms. The van der Waals surface area contributed by atoms with Crippen LogP contribution in [0.25, 0.3) is 11.3 Å². The van der Waals surface area contributed by atoms with Crippen molar-refractivity contribution in [3.63, 3.8) is 0 Å². The molecule has 3 heterocycles. The highest BCUT2D eigenvalue weighted by Crippen LogP contribution is 2.30. The SMILES string of the molecule is CCOC(=O)c1cnc(N2CCN(c3cc(-c4ccc(F)c(Cl)c4)ncn3)[C@H](C)C2)c(Cl)c1. The van der Waals surface area contributed by atoms with Gasteiger partial charge in [0.05, 0.1) is 27.9 Å². The van der Waals surface area contributed by atoms with Crippen LogP contribution in [0.4, 0.5) is 16.0 Å². The Bertz CT molecular complexity index is 1180. The van der Waals surface area contributed by atoms with Crippen molar-refractivity contribution in [2.45, 2.75) is 19.9 Å². The number of anilines is 2. The Kier molecular flexibility index (Phi) is 6.95. The molecule has 1 saturated heterocycles. The number of pyridine rings is 1. The number of hydrogen-bond acceptors (Lipinski definition) is 7. The first-order valence-electron chi connectivity index (χ1n) is 10.5. The van der Waals surface area contributed by atoms with E-state index < -0.39 is 11.8 Å². The first-order chi connectivity index (χ1) is 15.9. The van der Waals surface area contributed by atoms with Crippen molar-refractivity contribution in [2.75, 3.05) is 36.0 Å². The summed E-state index contributed by atoms with van der Waals surface area (Å²) in [4.78, 5) is 29.3. The van der Waals surface area contributed by atoms with Crippen molar-refractivity contribution < 1.29 is 13.9 Å². The molecule has 172 valence electrons. The van der Waals surface area contributed by atoms with E-state index in [4.69, 9.17) is 27.9 Å². The lowest BCUT2D eigenvalue weighted by molar-refractivity contribution is 0.0526. The Morgan fingerprint density at radius 1 is 1.15 bits per heavy atom. The minimum absolute atomic E-state index is 0.0491. The summed E-state index contributed by atoms with van der Waals surface area (Å²) in [5.74, 6) is 0.477. The average molecular weight is 490 g/mol. The molecular formula is C23H22Cl2FN5O2. The fraction of sp³-hybridized carbons (Fsp3) is 0.304. The Morgan fingerprint density at radius 2 is 1.97 bits per heavy atom. The van der Waals surface area contributed by atoms with Gasteiger partial charge in [0, 0.05) is 43.5 Å². The van der Waals surface area contributed by atoms with Crippen molar-refractivity contribution in [1.29, 1.82) is 0 Å². The molecule has 2 aromatic heterocycles. The molecule has 3 aromatic rings. The Balaban J connectivity index is 1.50. The zero-order chi connectivity index (χ0) is 23.5. The molecule has 10 heteroatoms. The first-order valence-corrected chi connectivity index (χ1v) is 11.2. The number of benzene rings is 1. The first kappa shape index (κ1) is 23.2. The molecule has 4 rings (SSSR count). The minimum Gasteiger partial charge on any atom is -0.462 e. The zero-order valence-electron chi connectivity index (χ0n) is 18.1. The smallest absolute Gasteiger partial charge is 0.339 e. The normalized spacial score (nSPS) is 16.1. The van der Waals surface area contributed by atoms with Gasteiger partial charge in [0.2, 0.25) is 0 Å². The van der Waals surface area contributed by atoms with Crippen LogP contribution in [-0.2, 0) is 4.74 Å². The number of ether oxygens (including phenoxy) is 1. The van der Waals surface area contributed by atoms with Gasteiger partial charge in [-0.2, -0.15) is 0 Å². The fourth-order valence-electron chi connectivity index (χ4n) is 3.80. The summed E-state index contributed by atoms with van der Waals surface area (Å²) in [7, 11) is 0. The predicted molar refractivity (Wildman–Crippen MR) is 127 cm³/mol. The van der Waals surface area contributed by atoms with Gasteiger partial charge in [-0.3, -0.25) is 0 Å². The number of carbonyl (C=O) groups is 1. The van der Waals surface area contributed by atoms with E-state index >= 15 is 0 Å². The third-order valence-electron chi connectivity index (χ3n) is 5.42. The van der Waals surface area contributed by atoms with E-state index in [0.717, 1.165) is 5.82 Å². The Labute approximate surface area is 201 Å². The topological polar surface area (TPSA) is 71.5 Å². The fourth-order valence-corrected chi connectivity index (χ4v) is 4.26. The lowest BCUT2D eigenvalue weighted by Crippen LogP contribution is -2.52. The van der Waals surface area contributed by atoms with Crippen molar-refractivity contribution in [3.05, 3.63) is 64.3 Å².